The minimum atomic E-state index is -1.73. The van der Waals surface area contributed by atoms with E-state index in [0.29, 0.717) is 0 Å². The van der Waals surface area contributed by atoms with Crippen molar-refractivity contribution >= 4 is 58.3 Å². The summed E-state index contributed by atoms with van der Waals surface area (Å²) in [5, 5.41) is 0.0146. The minimum Gasteiger partial charge on any atom is -0.431 e. The normalized spacial score (nSPS) is 36.1. The third-order valence-corrected chi connectivity index (χ3v) is 7.71. The van der Waals surface area contributed by atoms with E-state index in [0.717, 1.165) is 0 Å². The molecular formula is C17H16Cl4O6. The Morgan fingerprint density at radius 1 is 0.852 bits per heavy atom. The molecule has 0 aliphatic heterocycles. The van der Waals surface area contributed by atoms with Crippen molar-refractivity contribution < 1.29 is 28.5 Å². The third kappa shape index (κ3) is 2.35. The van der Waals surface area contributed by atoms with Crippen LogP contribution >= 0.6 is 46.4 Å². The molecule has 3 aliphatic carbocycles. The van der Waals surface area contributed by atoms with Crippen LogP contribution in [0, 0.1) is 11.8 Å². The van der Waals surface area contributed by atoms with E-state index in [9.17, 15) is 9.59 Å². The number of hydrogen-bond acceptors (Lipinski definition) is 6. The Morgan fingerprint density at radius 2 is 1.19 bits per heavy atom. The summed E-state index contributed by atoms with van der Waals surface area (Å²) >= 11 is 27.0. The maximum Gasteiger partial charge on any atom is 0.307 e. The first kappa shape index (κ1) is 21.0. The van der Waals surface area contributed by atoms with Crippen molar-refractivity contribution in [3.63, 3.8) is 0 Å². The lowest BCUT2D eigenvalue weighted by molar-refractivity contribution is -0.220. The van der Waals surface area contributed by atoms with Crippen molar-refractivity contribution in [1.82, 2.24) is 0 Å². The largest absolute Gasteiger partial charge is 0.431 e. The first-order valence-corrected chi connectivity index (χ1v) is 9.37. The van der Waals surface area contributed by atoms with Crippen LogP contribution in [0.25, 0.3) is 0 Å². The lowest BCUT2D eigenvalue weighted by Gasteiger charge is -2.41. The molecule has 2 bridgehead atoms. The van der Waals surface area contributed by atoms with Gasteiger partial charge in [0.05, 0.1) is 21.9 Å². The maximum absolute atomic E-state index is 11.6. The zero-order chi connectivity index (χ0) is 20.4. The smallest absolute Gasteiger partial charge is 0.307 e. The average Bonchev–Trinajstić information content (AvgIpc) is 2.85. The molecule has 0 aromatic carbocycles. The molecule has 3 rings (SSSR count). The molecule has 10 heteroatoms. The van der Waals surface area contributed by atoms with Gasteiger partial charge in [-0.3, -0.25) is 9.59 Å². The predicted molar refractivity (Wildman–Crippen MR) is 99.3 cm³/mol. The third-order valence-electron chi connectivity index (χ3n) is 5.10. The Bertz CT molecular complexity index is 752. The highest BCUT2D eigenvalue weighted by molar-refractivity contribution is 6.52. The molecule has 3 aliphatic rings. The van der Waals surface area contributed by atoms with Crippen molar-refractivity contribution in [1.29, 1.82) is 0 Å². The number of allylic oxidation sites excluding steroid dienone is 4. The predicted octanol–water partition coefficient (Wildman–Crippen LogP) is 3.79. The fourth-order valence-corrected chi connectivity index (χ4v) is 6.50. The van der Waals surface area contributed by atoms with Gasteiger partial charge in [-0.2, -0.15) is 0 Å². The Kier molecular flexibility index (Phi) is 5.16. The summed E-state index contributed by atoms with van der Waals surface area (Å²) < 4.78 is 22.0. The number of rotatable bonds is 4. The van der Waals surface area contributed by atoms with E-state index in [1.165, 1.54) is 40.2 Å². The van der Waals surface area contributed by atoms with Crippen LogP contribution in [0.5, 0.6) is 0 Å². The van der Waals surface area contributed by atoms with Crippen LogP contribution in [0.4, 0.5) is 0 Å². The summed E-state index contributed by atoms with van der Waals surface area (Å²) in [6, 6.07) is 0. The number of halogens is 4. The van der Waals surface area contributed by atoms with Crippen molar-refractivity contribution in [2.75, 3.05) is 14.2 Å². The molecule has 0 saturated heterocycles. The molecule has 0 heterocycles. The Morgan fingerprint density at radius 3 is 1.44 bits per heavy atom. The number of methoxy groups -OCH3 is 2. The lowest BCUT2D eigenvalue weighted by Crippen LogP contribution is -2.57. The fraction of sp³-hybridized carbons (Fsp3) is 0.529. The van der Waals surface area contributed by atoms with Crippen LogP contribution in [0.15, 0.2) is 33.7 Å². The molecule has 0 aromatic heterocycles. The molecule has 1 fully saturated rings. The molecule has 27 heavy (non-hydrogen) atoms. The van der Waals surface area contributed by atoms with E-state index < -0.39 is 39.3 Å². The summed E-state index contributed by atoms with van der Waals surface area (Å²) in [5.41, 5.74) is 0. The fourth-order valence-electron chi connectivity index (χ4n) is 4.31. The molecule has 0 radical (unpaired) electrons. The molecule has 0 spiro atoms. The average molecular weight is 458 g/mol. The van der Waals surface area contributed by atoms with Gasteiger partial charge in [0.15, 0.2) is 0 Å². The van der Waals surface area contributed by atoms with Crippen molar-refractivity contribution in [3.05, 3.63) is 33.7 Å². The standard InChI is InChI=1S/C17H16Cl4O6/c1-7(22)26-9-5-6-10(27-8(2)23)12-11(9)15(20)13(18)14(19)16(12,21)17(15,24-3)25-4/h5-6,11-12H,1-4H3/t11-,12+,15-,16+. The number of esters is 2. The van der Waals surface area contributed by atoms with E-state index in [4.69, 9.17) is 65.4 Å². The summed E-state index contributed by atoms with van der Waals surface area (Å²) in [6.45, 7) is 2.49. The van der Waals surface area contributed by atoms with Gasteiger partial charge in [0.2, 0.25) is 5.79 Å². The van der Waals surface area contributed by atoms with Crippen LogP contribution in [-0.4, -0.2) is 41.7 Å². The summed E-state index contributed by atoms with van der Waals surface area (Å²) in [4.78, 5) is 20.0. The molecule has 1 saturated carbocycles. The van der Waals surface area contributed by atoms with E-state index in [1.54, 1.807) is 0 Å². The van der Waals surface area contributed by atoms with Crippen molar-refractivity contribution in [2.45, 2.75) is 29.4 Å². The molecule has 0 unspecified atom stereocenters. The summed E-state index contributed by atoms with van der Waals surface area (Å²) in [7, 11) is 2.69. The van der Waals surface area contributed by atoms with Gasteiger partial charge >= 0.3 is 11.9 Å². The Hall–Kier alpha value is -0.760. The van der Waals surface area contributed by atoms with Crippen LogP contribution < -0.4 is 0 Å². The topological polar surface area (TPSA) is 71.1 Å². The van der Waals surface area contributed by atoms with Crippen molar-refractivity contribution in [3.8, 4) is 0 Å². The molecule has 4 atom stereocenters. The highest BCUT2D eigenvalue weighted by Crippen LogP contribution is 2.76. The van der Waals surface area contributed by atoms with Gasteiger partial charge in [-0.1, -0.05) is 23.2 Å². The molecule has 6 nitrogen and oxygen atoms in total. The lowest BCUT2D eigenvalue weighted by atomic mass is 9.77. The minimum absolute atomic E-state index is 0.00732. The summed E-state index contributed by atoms with van der Waals surface area (Å²) in [5.74, 6) is -4.20. The second-order valence-corrected chi connectivity index (χ2v) is 8.31. The molecule has 148 valence electrons. The highest BCUT2D eigenvalue weighted by atomic mass is 35.5. The van der Waals surface area contributed by atoms with Gasteiger partial charge in [-0.15, -0.1) is 23.2 Å². The Balaban J connectivity index is 2.32. The van der Waals surface area contributed by atoms with Crippen LogP contribution in [0.2, 0.25) is 0 Å². The SMILES string of the molecule is COC1(OC)[C@@]2(Cl)C(Cl)=C(Cl)[C@]1(Cl)[C@@H]1C(OC(C)=O)=CC=C(OC(C)=O)[C@@H]12. The van der Waals surface area contributed by atoms with Gasteiger partial charge in [0.1, 0.15) is 21.3 Å². The van der Waals surface area contributed by atoms with E-state index in [-0.39, 0.29) is 21.6 Å². The molecule has 0 N–H and O–H groups in total. The van der Waals surface area contributed by atoms with E-state index >= 15 is 0 Å². The first-order valence-electron chi connectivity index (χ1n) is 7.85. The van der Waals surface area contributed by atoms with Crippen LogP contribution in [0.1, 0.15) is 13.8 Å². The number of alkyl halides is 2. The number of fused-ring (bicyclic) bond motifs is 5. The van der Waals surface area contributed by atoms with Gasteiger partial charge in [-0.05, 0) is 12.2 Å². The monoisotopic (exact) mass is 456 g/mol. The van der Waals surface area contributed by atoms with Gasteiger partial charge in [0.25, 0.3) is 0 Å². The second-order valence-electron chi connectivity index (χ2n) is 6.36. The van der Waals surface area contributed by atoms with Crippen molar-refractivity contribution in [2.24, 2.45) is 11.8 Å². The molecule has 0 amide bonds. The number of carbonyl (C=O) groups is 2. The zero-order valence-corrected chi connectivity index (χ0v) is 17.8. The zero-order valence-electron chi connectivity index (χ0n) is 14.8. The second kappa shape index (κ2) is 6.65. The van der Waals surface area contributed by atoms with E-state index in [2.05, 4.69) is 0 Å². The van der Waals surface area contributed by atoms with Crippen LogP contribution in [0.3, 0.4) is 0 Å². The molecular weight excluding hydrogens is 442 g/mol. The Labute approximate surface area is 175 Å². The maximum atomic E-state index is 11.6. The van der Waals surface area contributed by atoms with E-state index in [1.807, 2.05) is 0 Å². The van der Waals surface area contributed by atoms with Gasteiger partial charge in [-0.25, -0.2) is 0 Å². The van der Waals surface area contributed by atoms with Gasteiger partial charge in [0, 0.05) is 28.1 Å². The summed E-state index contributed by atoms with van der Waals surface area (Å²) in [6.07, 6.45) is 2.94. The highest BCUT2D eigenvalue weighted by Gasteiger charge is 2.86. The van der Waals surface area contributed by atoms with Crippen LogP contribution in [-0.2, 0) is 28.5 Å². The molecule has 0 aromatic rings. The number of ether oxygens (including phenoxy) is 4. The number of hydrogen-bond donors (Lipinski definition) is 0. The quantitative estimate of drug-likeness (QED) is 0.363. The number of carbonyl (C=O) groups excluding carboxylic acids is 2. The van der Waals surface area contributed by atoms with Gasteiger partial charge < -0.3 is 18.9 Å². The first-order chi connectivity index (χ1) is 12.5.